The molecule has 0 spiro atoms. The van der Waals surface area contributed by atoms with Crippen LogP contribution in [0.5, 0.6) is 0 Å². The van der Waals surface area contributed by atoms with Crippen molar-refractivity contribution in [1.82, 2.24) is 4.98 Å². The van der Waals surface area contributed by atoms with Crippen molar-refractivity contribution in [3.8, 4) is 33.4 Å². The molecule has 1 heteroatoms. The molecule has 0 bridgehead atoms. The SMILES string of the molecule is c1ccc(-c2cc(-c3ccccc3)cc(-c3ccc4ccc5c6ncccc6cc6ccc3c4c65)c2)cc1. The summed E-state index contributed by atoms with van der Waals surface area (Å²) in [4.78, 5) is 4.76. The molecule has 0 unspecified atom stereocenters. The number of pyridine rings is 1. The lowest BCUT2D eigenvalue weighted by molar-refractivity contribution is 1.43. The van der Waals surface area contributed by atoms with E-state index in [1.807, 2.05) is 12.3 Å². The van der Waals surface area contributed by atoms with E-state index in [9.17, 15) is 0 Å². The van der Waals surface area contributed by atoms with Gasteiger partial charge < -0.3 is 0 Å². The average Bonchev–Trinajstić information content (AvgIpc) is 3.00. The summed E-state index contributed by atoms with van der Waals surface area (Å²) in [5.74, 6) is 0. The zero-order valence-electron chi connectivity index (χ0n) is 20.7. The van der Waals surface area contributed by atoms with Crippen molar-refractivity contribution in [2.45, 2.75) is 0 Å². The summed E-state index contributed by atoms with van der Waals surface area (Å²) in [5.41, 5.74) is 8.45. The number of nitrogens with zero attached hydrogens (tertiary/aromatic N) is 1. The number of rotatable bonds is 3. The minimum absolute atomic E-state index is 1.07. The highest BCUT2D eigenvalue weighted by atomic mass is 14.6. The lowest BCUT2D eigenvalue weighted by atomic mass is 9.87. The summed E-state index contributed by atoms with van der Waals surface area (Å²) in [7, 11) is 0. The number of hydrogen-bond donors (Lipinski definition) is 0. The maximum absolute atomic E-state index is 4.76. The van der Waals surface area contributed by atoms with E-state index in [-0.39, 0.29) is 0 Å². The molecule has 38 heavy (non-hydrogen) atoms. The molecular formula is C37H23N. The summed E-state index contributed by atoms with van der Waals surface area (Å²) in [6.45, 7) is 0. The molecule has 0 N–H and O–H groups in total. The van der Waals surface area contributed by atoms with E-state index in [2.05, 4.69) is 127 Å². The van der Waals surface area contributed by atoms with Crippen molar-refractivity contribution in [2.24, 2.45) is 0 Å². The van der Waals surface area contributed by atoms with Crippen molar-refractivity contribution in [1.29, 1.82) is 0 Å². The van der Waals surface area contributed by atoms with Crippen LogP contribution in [0.4, 0.5) is 0 Å². The first-order chi connectivity index (χ1) is 18.8. The van der Waals surface area contributed by atoms with E-state index in [1.54, 1.807) is 0 Å². The third-order valence-corrected chi connectivity index (χ3v) is 7.81. The van der Waals surface area contributed by atoms with Gasteiger partial charge in [0.25, 0.3) is 0 Å². The lowest BCUT2D eigenvalue weighted by Gasteiger charge is -2.17. The Kier molecular flexibility index (Phi) is 4.59. The second-order valence-corrected chi connectivity index (χ2v) is 10.0. The maximum Gasteiger partial charge on any atom is 0.0780 e. The first kappa shape index (κ1) is 21.1. The summed E-state index contributed by atoms with van der Waals surface area (Å²) in [6.07, 6.45) is 1.89. The number of benzene rings is 7. The third-order valence-electron chi connectivity index (χ3n) is 7.81. The third kappa shape index (κ3) is 3.22. The fourth-order valence-electron chi connectivity index (χ4n) is 6.05. The topological polar surface area (TPSA) is 12.9 Å². The molecule has 1 nitrogen and oxygen atoms in total. The van der Waals surface area contributed by atoms with Crippen LogP contribution in [-0.4, -0.2) is 4.98 Å². The van der Waals surface area contributed by atoms with Crippen molar-refractivity contribution < 1.29 is 0 Å². The quantitative estimate of drug-likeness (QED) is 0.181. The normalized spacial score (nSPS) is 11.7. The largest absolute Gasteiger partial charge is 0.256 e. The molecule has 0 aliphatic heterocycles. The average molecular weight is 482 g/mol. The summed E-state index contributed by atoms with van der Waals surface area (Å²) >= 11 is 0. The van der Waals surface area contributed by atoms with Crippen LogP contribution in [0.25, 0.3) is 76.6 Å². The van der Waals surface area contributed by atoms with Gasteiger partial charge in [-0.05, 0) is 90.6 Å². The minimum Gasteiger partial charge on any atom is -0.256 e. The molecule has 0 amide bonds. The fourth-order valence-corrected chi connectivity index (χ4v) is 6.05. The van der Waals surface area contributed by atoms with Gasteiger partial charge in [0.05, 0.1) is 5.52 Å². The van der Waals surface area contributed by atoms with Gasteiger partial charge in [0, 0.05) is 17.0 Å². The van der Waals surface area contributed by atoms with Crippen LogP contribution in [0.3, 0.4) is 0 Å². The Bertz CT molecular complexity index is 2050. The smallest absolute Gasteiger partial charge is 0.0780 e. The number of fused-ring (bicyclic) bond motifs is 2. The van der Waals surface area contributed by atoms with Gasteiger partial charge in [-0.1, -0.05) is 103 Å². The standard InChI is InChI=1S/C37H23N/c1-3-8-24(9-4-1)29-21-30(25-10-5-2-6-11-25)23-31(22-29)32-16-13-26-14-18-34-36-27(15-17-33(32)35(26)36)20-28-12-7-19-38-37(28)34/h1-23H. The molecule has 8 aromatic rings. The Morgan fingerprint density at radius 3 is 1.71 bits per heavy atom. The zero-order valence-corrected chi connectivity index (χ0v) is 20.7. The molecule has 0 saturated heterocycles. The molecule has 0 fully saturated rings. The van der Waals surface area contributed by atoms with E-state index < -0.39 is 0 Å². The molecule has 0 saturated carbocycles. The predicted octanol–water partition coefficient (Wildman–Crippen LogP) is 10.1. The van der Waals surface area contributed by atoms with E-state index in [1.165, 1.54) is 71.1 Å². The predicted molar refractivity (Wildman–Crippen MR) is 162 cm³/mol. The zero-order chi connectivity index (χ0) is 25.1. The fraction of sp³-hybridized carbons (Fsp3) is 0. The molecule has 0 aliphatic carbocycles. The van der Waals surface area contributed by atoms with E-state index in [0.717, 1.165) is 5.52 Å². The Morgan fingerprint density at radius 1 is 0.368 bits per heavy atom. The molecular weight excluding hydrogens is 458 g/mol. The van der Waals surface area contributed by atoms with Crippen molar-refractivity contribution >= 4 is 43.2 Å². The van der Waals surface area contributed by atoms with Crippen molar-refractivity contribution in [2.75, 3.05) is 0 Å². The Labute approximate surface area is 221 Å². The van der Waals surface area contributed by atoms with E-state index >= 15 is 0 Å². The molecule has 0 atom stereocenters. The van der Waals surface area contributed by atoms with Gasteiger partial charge >= 0.3 is 0 Å². The van der Waals surface area contributed by atoms with Crippen LogP contribution < -0.4 is 0 Å². The van der Waals surface area contributed by atoms with Crippen LogP contribution in [-0.2, 0) is 0 Å². The second kappa shape index (κ2) is 8.26. The first-order valence-corrected chi connectivity index (χ1v) is 13.0. The number of aromatic nitrogens is 1. The van der Waals surface area contributed by atoms with Crippen molar-refractivity contribution in [3.05, 3.63) is 140 Å². The van der Waals surface area contributed by atoms with Gasteiger partial charge in [-0.2, -0.15) is 0 Å². The Hall–Kier alpha value is -5.01. The summed E-state index contributed by atoms with van der Waals surface area (Å²) < 4.78 is 0. The molecule has 8 rings (SSSR count). The monoisotopic (exact) mass is 481 g/mol. The molecule has 7 aromatic carbocycles. The van der Waals surface area contributed by atoms with E-state index in [4.69, 9.17) is 4.98 Å². The van der Waals surface area contributed by atoms with Crippen LogP contribution in [0.1, 0.15) is 0 Å². The maximum atomic E-state index is 4.76. The highest BCUT2D eigenvalue weighted by Crippen LogP contribution is 2.42. The second-order valence-electron chi connectivity index (χ2n) is 10.0. The van der Waals surface area contributed by atoms with Gasteiger partial charge in [-0.3, -0.25) is 4.98 Å². The molecule has 176 valence electrons. The van der Waals surface area contributed by atoms with Crippen LogP contribution >= 0.6 is 0 Å². The Balaban J connectivity index is 1.45. The Morgan fingerprint density at radius 2 is 0.974 bits per heavy atom. The first-order valence-electron chi connectivity index (χ1n) is 13.0. The number of hydrogen-bond acceptors (Lipinski definition) is 1. The summed E-state index contributed by atoms with van der Waals surface area (Å²) in [5, 5.41) is 8.82. The molecule has 0 aliphatic rings. The van der Waals surface area contributed by atoms with Gasteiger partial charge in [-0.15, -0.1) is 0 Å². The van der Waals surface area contributed by atoms with Crippen LogP contribution in [0.2, 0.25) is 0 Å². The lowest BCUT2D eigenvalue weighted by Crippen LogP contribution is -1.90. The van der Waals surface area contributed by atoms with Crippen LogP contribution in [0, 0.1) is 0 Å². The molecule has 0 radical (unpaired) electrons. The van der Waals surface area contributed by atoms with Crippen LogP contribution in [0.15, 0.2) is 140 Å². The molecule has 1 heterocycles. The minimum atomic E-state index is 1.07. The highest BCUT2D eigenvalue weighted by molar-refractivity contribution is 6.30. The van der Waals surface area contributed by atoms with Crippen molar-refractivity contribution in [3.63, 3.8) is 0 Å². The van der Waals surface area contributed by atoms with Gasteiger partial charge in [0.2, 0.25) is 0 Å². The van der Waals surface area contributed by atoms with Gasteiger partial charge in [-0.25, -0.2) is 0 Å². The van der Waals surface area contributed by atoms with Gasteiger partial charge in [0.15, 0.2) is 0 Å². The van der Waals surface area contributed by atoms with Gasteiger partial charge in [0.1, 0.15) is 0 Å². The highest BCUT2D eigenvalue weighted by Gasteiger charge is 2.15. The molecule has 1 aromatic heterocycles. The van der Waals surface area contributed by atoms with E-state index in [0.29, 0.717) is 0 Å². The summed E-state index contributed by atoms with van der Waals surface area (Å²) in [6, 6.07) is 48.4.